The number of ether oxygens (including phenoxy) is 1. The number of morpholine rings is 1. The molecule has 1 aromatic carbocycles. The maximum Gasteiger partial charge on any atom is 0.0954 e. The summed E-state index contributed by atoms with van der Waals surface area (Å²) in [5.74, 6) is 0.643. The average Bonchev–Trinajstić information content (AvgIpc) is 2.32. The second kappa shape index (κ2) is 6.25. The lowest BCUT2D eigenvalue weighted by molar-refractivity contribution is -0.0473. The van der Waals surface area contributed by atoms with Gasteiger partial charge >= 0.3 is 0 Å². The van der Waals surface area contributed by atoms with E-state index >= 15 is 0 Å². The van der Waals surface area contributed by atoms with Gasteiger partial charge in [0.25, 0.3) is 0 Å². The molecule has 0 aliphatic carbocycles. The molecule has 0 saturated carbocycles. The fourth-order valence-electron chi connectivity index (χ4n) is 2.28. The summed E-state index contributed by atoms with van der Waals surface area (Å²) in [7, 11) is 0. The number of benzene rings is 1. The van der Waals surface area contributed by atoms with Gasteiger partial charge < -0.3 is 10.1 Å². The van der Waals surface area contributed by atoms with Crippen LogP contribution in [0.4, 0.5) is 0 Å². The van der Waals surface area contributed by atoms with Gasteiger partial charge in [0.15, 0.2) is 0 Å². The van der Waals surface area contributed by atoms with Gasteiger partial charge in [0, 0.05) is 13.1 Å². The Kier molecular flexibility index (Phi) is 4.91. The van der Waals surface area contributed by atoms with E-state index in [0.717, 1.165) is 25.1 Å². The van der Waals surface area contributed by atoms with Crippen LogP contribution in [0.3, 0.4) is 0 Å². The lowest BCUT2D eigenvalue weighted by Gasteiger charge is -2.32. The predicted octanol–water partition coefficient (Wildman–Crippen LogP) is 4.07. The molecule has 2 atom stereocenters. The van der Waals surface area contributed by atoms with Crippen molar-refractivity contribution in [2.24, 2.45) is 5.92 Å². The Labute approximate surface area is 119 Å². The van der Waals surface area contributed by atoms with Crippen LogP contribution in [0, 0.1) is 5.92 Å². The number of rotatable bonds is 3. The molecular weight excluding hydrogens is 269 g/mol. The molecule has 1 saturated heterocycles. The highest BCUT2D eigenvalue weighted by Gasteiger charge is 2.24. The van der Waals surface area contributed by atoms with Crippen LogP contribution in [0.25, 0.3) is 0 Å². The fraction of sp³-hybridized carbons (Fsp3) is 0.571. The fourth-order valence-corrected chi connectivity index (χ4v) is 2.58. The van der Waals surface area contributed by atoms with Crippen molar-refractivity contribution in [3.63, 3.8) is 0 Å². The molecular formula is C14H19Cl2NO. The van der Waals surface area contributed by atoms with Crippen molar-refractivity contribution in [2.75, 3.05) is 13.1 Å². The minimum atomic E-state index is 0.0669. The largest absolute Gasteiger partial charge is 0.368 e. The van der Waals surface area contributed by atoms with Gasteiger partial charge in [-0.2, -0.15) is 0 Å². The van der Waals surface area contributed by atoms with E-state index in [9.17, 15) is 0 Å². The van der Waals surface area contributed by atoms with Crippen molar-refractivity contribution in [1.29, 1.82) is 0 Å². The molecule has 1 aliphatic rings. The molecule has 1 N–H and O–H groups in total. The van der Waals surface area contributed by atoms with Gasteiger partial charge in [0.1, 0.15) is 0 Å². The van der Waals surface area contributed by atoms with Crippen LogP contribution in [0.15, 0.2) is 18.2 Å². The van der Waals surface area contributed by atoms with Crippen LogP contribution < -0.4 is 5.32 Å². The van der Waals surface area contributed by atoms with Gasteiger partial charge in [-0.3, -0.25) is 0 Å². The Morgan fingerprint density at radius 3 is 2.72 bits per heavy atom. The van der Waals surface area contributed by atoms with E-state index < -0.39 is 0 Å². The molecule has 2 rings (SSSR count). The van der Waals surface area contributed by atoms with E-state index in [0.29, 0.717) is 16.0 Å². The Hall–Kier alpha value is -0.280. The Morgan fingerprint density at radius 2 is 2.06 bits per heavy atom. The third-order valence-corrected chi connectivity index (χ3v) is 3.85. The summed E-state index contributed by atoms with van der Waals surface area (Å²) in [4.78, 5) is 0. The predicted molar refractivity (Wildman–Crippen MR) is 76.4 cm³/mol. The molecule has 4 heteroatoms. The lowest BCUT2D eigenvalue weighted by atomic mass is 10.0. The minimum Gasteiger partial charge on any atom is -0.368 e. The van der Waals surface area contributed by atoms with Gasteiger partial charge in [0.2, 0.25) is 0 Å². The van der Waals surface area contributed by atoms with E-state index in [1.165, 1.54) is 0 Å². The van der Waals surface area contributed by atoms with Crippen molar-refractivity contribution in [3.8, 4) is 0 Å². The molecule has 1 aromatic rings. The highest BCUT2D eigenvalue weighted by atomic mass is 35.5. The molecule has 2 nitrogen and oxygen atoms in total. The van der Waals surface area contributed by atoms with Gasteiger partial charge in [-0.05, 0) is 30.0 Å². The Morgan fingerprint density at radius 1 is 1.28 bits per heavy atom. The molecule has 18 heavy (non-hydrogen) atoms. The van der Waals surface area contributed by atoms with Crippen LogP contribution in [0.1, 0.15) is 31.9 Å². The van der Waals surface area contributed by atoms with Gasteiger partial charge in [-0.15, -0.1) is 0 Å². The van der Waals surface area contributed by atoms with Gasteiger partial charge in [-0.1, -0.05) is 43.1 Å². The van der Waals surface area contributed by atoms with E-state index in [1.807, 2.05) is 18.2 Å². The summed E-state index contributed by atoms with van der Waals surface area (Å²) in [6.45, 7) is 6.18. The molecule has 1 heterocycles. The first-order valence-corrected chi connectivity index (χ1v) is 7.13. The lowest BCUT2D eigenvalue weighted by Crippen LogP contribution is -2.41. The normalized spacial score (nSPS) is 24.5. The molecule has 100 valence electrons. The first-order valence-electron chi connectivity index (χ1n) is 6.37. The number of nitrogens with one attached hydrogen (secondary N) is 1. The summed E-state index contributed by atoms with van der Waals surface area (Å²) in [6, 6.07) is 5.71. The molecule has 1 aliphatic heterocycles. The number of hydrogen-bond donors (Lipinski definition) is 1. The zero-order valence-corrected chi connectivity index (χ0v) is 12.3. The van der Waals surface area contributed by atoms with E-state index in [-0.39, 0.29) is 12.2 Å². The molecule has 2 unspecified atom stereocenters. The van der Waals surface area contributed by atoms with Crippen LogP contribution in [-0.4, -0.2) is 19.2 Å². The summed E-state index contributed by atoms with van der Waals surface area (Å²) < 4.78 is 6.11. The molecule has 0 amide bonds. The maximum absolute atomic E-state index is 6.11. The number of halogens is 2. The van der Waals surface area contributed by atoms with Crippen molar-refractivity contribution < 1.29 is 4.74 Å². The SMILES string of the molecule is CC(C)CC1CNCC(c2ccc(Cl)c(Cl)c2)O1. The monoisotopic (exact) mass is 287 g/mol. The summed E-state index contributed by atoms with van der Waals surface area (Å²) in [6.07, 6.45) is 1.42. The van der Waals surface area contributed by atoms with Crippen LogP contribution >= 0.6 is 23.2 Å². The second-order valence-electron chi connectivity index (χ2n) is 5.21. The molecule has 0 spiro atoms. The van der Waals surface area contributed by atoms with E-state index in [4.69, 9.17) is 27.9 Å². The summed E-state index contributed by atoms with van der Waals surface area (Å²) >= 11 is 12.0. The topological polar surface area (TPSA) is 21.3 Å². The van der Waals surface area contributed by atoms with Crippen molar-refractivity contribution in [2.45, 2.75) is 32.5 Å². The summed E-state index contributed by atoms with van der Waals surface area (Å²) in [5.41, 5.74) is 1.09. The molecule has 0 aromatic heterocycles. The molecule has 0 bridgehead atoms. The van der Waals surface area contributed by atoms with Gasteiger partial charge in [0.05, 0.1) is 22.3 Å². The highest BCUT2D eigenvalue weighted by molar-refractivity contribution is 6.42. The first-order chi connectivity index (χ1) is 8.56. The smallest absolute Gasteiger partial charge is 0.0954 e. The summed E-state index contributed by atoms with van der Waals surface area (Å²) in [5, 5.41) is 4.59. The first kappa shape index (κ1) is 14.1. The zero-order valence-electron chi connectivity index (χ0n) is 10.7. The maximum atomic E-state index is 6.11. The third kappa shape index (κ3) is 3.61. The molecule has 0 radical (unpaired) electrons. The van der Waals surface area contributed by atoms with E-state index in [1.54, 1.807) is 0 Å². The van der Waals surface area contributed by atoms with Crippen molar-refractivity contribution in [3.05, 3.63) is 33.8 Å². The third-order valence-electron chi connectivity index (χ3n) is 3.11. The van der Waals surface area contributed by atoms with Crippen LogP contribution in [0.2, 0.25) is 10.0 Å². The second-order valence-corrected chi connectivity index (χ2v) is 6.02. The zero-order chi connectivity index (χ0) is 13.1. The van der Waals surface area contributed by atoms with Crippen molar-refractivity contribution in [1.82, 2.24) is 5.32 Å². The Bertz CT molecular complexity index is 409. The Balaban J connectivity index is 2.05. The van der Waals surface area contributed by atoms with Crippen LogP contribution in [-0.2, 0) is 4.74 Å². The van der Waals surface area contributed by atoms with Crippen molar-refractivity contribution >= 4 is 23.2 Å². The van der Waals surface area contributed by atoms with Crippen LogP contribution in [0.5, 0.6) is 0 Å². The highest BCUT2D eigenvalue weighted by Crippen LogP contribution is 2.29. The quantitative estimate of drug-likeness (QED) is 0.905. The van der Waals surface area contributed by atoms with Gasteiger partial charge in [-0.25, -0.2) is 0 Å². The van der Waals surface area contributed by atoms with E-state index in [2.05, 4.69) is 19.2 Å². The minimum absolute atomic E-state index is 0.0669. The average molecular weight is 288 g/mol. The molecule has 1 fully saturated rings. The number of hydrogen-bond acceptors (Lipinski definition) is 2. The standard InChI is InChI=1S/C14H19Cl2NO/c1-9(2)5-11-7-17-8-14(18-11)10-3-4-12(15)13(16)6-10/h3-4,6,9,11,14,17H,5,7-8H2,1-2H3.